The van der Waals surface area contributed by atoms with Gasteiger partial charge in [-0.2, -0.15) is 0 Å². The molecule has 0 aliphatic rings. The van der Waals surface area contributed by atoms with Gasteiger partial charge in [-0.3, -0.25) is 0 Å². The smallest absolute Gasteiger partial charge is 0.0314 e. The first kappa shape index (κ1) is 17.1. The van der Waals surface area contributed by atoms with Gasteiger partial charge in [0.1, 0.15) is 0 Å². The highest BCUT2D eigenvalue weighted by molar-refractivity contribution is 9.10. The van der Waals surface area contributed by atoms with Crippen LogP contribution in [-0.2, 0) is 6.54 Å². The first-order chi connectivity index (χ1) is 10.1. The first-order valence-corrected chi connectivity index (χ1v) is 9.38. The zero-order valence-electron chi connectivity index (χ0n) is 12.2. The molecule has 0 aliphatic carbocycles. The molecule has 0 heterocycles. The van der Waals surface area contributed by atoms with E-state index in [-0.39, 0.29) is 0 Å². The van der Waals surface area contributed by atoms with E-state index in [9.17, 15) is 0 Å². The molecule has 0 aromatic heterocycles. The maximum atomic E-state index is 3.62. The predicted octanol–water partition coefficient (Wildman–Crippen LogP) is 6.11. The molecule has 0 atom stereocenters. The normalized spacial score (nSPS) is 11.1. The van der Waals surface area contributed by atoms with Gasteiger partial charge in [0, 0.05) is 25.3 Å². The van der Waals surface area contributed by atoms with Crippen LogP contribution in [0.1, 0.15) is 19.4 Å². The Balaban J connectivity index is 2.16. The molecular weight excluding hydrogens is 410 g/mol. The maximum absolute atomic E-state index is 3.62. The SMILES string of the molecule is CC(C)CNCc1cc(Br)ccc1Sc1ccccc1Br. The highest BCUT2D eigenvalue weighted by Crippen LogP contribution is 2.36. The lowest BCUT2D eigenvalue weighted by molar-refractivity contribution is 0.550. The Bertz CT molecular complexity index is 599. The fourth-order valence-corrected chi connectivity index (χ4v) is 3.81. The quantitative estimate of drug-likeness (QED) is 0.595. The fraction of sp³-hybridized carbons (Fsp3) is 0.294. The third-order valence-corrected chi connectivity index (χ3v) is 5.59. The molecule has 0 fully saturated rings. The minimum absolute atomic E-state index is 0.663. The van der Waals surface area contributed by atoms with E-state index < -0.39 is 0 Å². The van der Waals surface area contributed by atoms with Gasteiger partial charge in [-0.15, -0.1) is 0 Å². The maximum Gasteiger partial charge on any atom is 0.0314 e. The lowest BCUT2D eigenvalue weighted by Crippen LogP contribution is -2.19. The fourth-order valence-electron chi connectivity index (χ4n) is 1.93. The number of hydrogen-bond acceptors (Lipinski definition) is 2. The Hall–Kier alpha value is -0.290. The highest BCUT2D eigenvalue weighted by atomic mass is 79.9. The van der Waals surface area contributed by atoms with Crippen molar-refractivity contribution in [3.05, 3.63) is 57.0 Å². The van der Waals surface area contributed by atoms with Crippen LogP contribution in [0.2, 0.25) is 0 Å². The van der Waals surface area contributed by atoms with E-state index in [0.717, 1.165) is 22.0 Å². The van der Waals surface area contributed by atoms with Crippen LogP contribution in [0.15, 0.2) is 61.2 Å². The van der Waals surface area contributed by atoms with E-state index in [0.29, 0.717) is 5.92 Å². The van der Waals surface area contributed by atoms with Crippen LogP contribution in [0.5, 0.6) is 0 Å². The average Bonchev–Trinajstić information content (AvgIpc) is 2.43. The molecule has 21 heavy (non-hydrogen) atoms. The second-order valence-corrected chi connectivity index (χ2v) is 8.16. The summed E-state index contributed by atoms with van der Waals surface area (Å²) in [6.07, 6.45) is 0. The van der Waals surface area contributed by atoms with E-state index in [1.165, 1.54) is 15.4 Å². The van der Waals surface area contributed by atoms with Crippen LogP contribution in [0.3, 0.4) is 0 Å². The van der Waals surface area contributed by atoms with Gasteiger partial charge in [0.25, 0.3) is 0 Å². The molecule has 0 saturated carbocycles. The summed E-state index contributed by atoms with van der Waals surface area (Å²) in [7, 11) is 0. The summed E-state index contributed by atoms with van der Waals surface area (Å²) in [5.41, 5.74) is 1.32. The molecule has 1 N–H and O–H groups in total. The summed E-state index contributed by atoms with van der Waals surface area (Å²) in [5, 5.41) is 3.52. The number of rotatable bonds is 6. The molecule has 0 saturated heterocycles. The zero-order chi connectivity index (χ0) is 15.2. The Kier molecular flexibility index (Phi) is 6.80. The van der Waals surface area contributed by atoms with E-state index in [2.05, 4.69) is 87.4 Å². The van der Waals surface area contributed by atoms with Crippen molar-refractivity contribution in [1.29, 1.82) is 0 Å². The molecule has 0 spiro atoms. The first-order valence-electron chi connectivity index (χ1n) is 6.98. The average molecular weight is 429 g/mol. The molecule has 4 heteroatoms. The molecule has 0 radical (unpaired) electrons. The van der Waals surface area contributed by atoms with Gasteiger partial charge >= 0.3 is 0 Å². The molecule has 2 aromatic carbocycles. The van der Waals surface area contributed by atoms with Crippen LogP contribution in [0.25, 0.3) is 0 Å². The van der Waals surface area contributed by atoms with Gasteiger partial charge < -0.3 is 5.32 Å². The van der Waals surface area contributed by atoms with Gasteiger partial charge in [0.15, 0.2) is 0 Å². The van der Waals surface area contributed by atoms with Crippen LogP contribution in [-0.4, -0.2) is 6.54 Å². The summed E-state index contributed by atoms with van der Waals surface area (Å²) >= 11 is 8.99. The Morgan fingerprint density at radius 1 is 1.05 bits per heavy atom. The third-order valence-electron chi connectivity index (χ3n) is 2.95. The van der Waals surface area contributed by atoms with Crippen molar-refractivity contribution in [3.8, 4) is 0 Å². The van der Waals surface area contributed by atoms with E-state index in [4.69, 9.17) is 0 Å². The highest BCUT2D eigenvalue weighted by Gasteiger charge is 2.08. The minimum atomic E-state index is 0.663. The lowest BCUT2D eigenvalue weighted by atomic mass is 10.2. The van der Waals surface area contributed by atoms with E-state index >= 15 is 0 Å². The summed E-state index contributed by atoms with van der Waals surface area (Å²) in [4.78, 5) is 2.53. The molecule has 2 aromatic rings. The van der Waals surface area contributed by atoms with Crippen molar-refractivity contribution in [3.63, 3.8) is 0 Å². The van der Waals surface area contributed by atoms with Crippen molar-refractivity contribution >= 4 is 43.6 Å². The summed E-state index contributed by atoms with van der Waals surface area (Å²) in [5.74, 6) is 0.663. The lowest BCUT2D eigenvalue weighted by Gasteiger charge is -2.13. The van der Waals surface area contributed by atoms with Crippen molar-refractivity contribution in [2.24, 2.45) is 5.92 Å². The predicted molar refractivity (Wildman–Crippen MR) is 99.0 cm³/mol. The molecule has 0 bridgehead atoms. The Labute approximate surface area is 148 Å². The standard InChI is InChI=1S/C17H19Br2NS/c1-12(2)10-20-11-13-9-14(18)7-8-16(13)21-17-6-4-3-5-15(17)19/h3-9,12,20H,10-11H2,1-2H3. The van der Waals surface area contributed by atoms with Crippen molar-refractivity contribution in [2.75, 3.05) is 6.54 Å². The monoisotopic (exact) mass is 427 g/mol. The van der Waals surface area contributed by atoms with Gasteiger partial charge in [0.05, 0.1) is 0 Å². The molecule has 112 valence electrons. The molecule has 0 aliphatic heterocycles. The van der Waals surface area contributed by atoms with E-state index in [1.54, 1.807) is 11.8 Å². The van der Waals surface area contributed by atoms with E-state index in [1.807, 2.05) is 6.07 Å². The van der Waals surface area contributed by atoms with Crippen LogP contribution in [0.4, 0.5) is 0 Å². The largest absolute Gasteiger partial charge is 0.312 e. The number of halogens is 2. The second kappa shape index (κ2) is 8.37. The van der Waals surface area contributed by atoms with Gasteiger partial charge in [-0.05, 0) is 64.3 Å². The molecule has 0 unspecified atom stereocenters. The van der Waals surface area contributed by atoms with Gasteiger partial charge in [-0.25, -0.2) is 0 Å². The Morgan fingerprint density at radius 3 is 2.52 bits per heavy atom. The molecule has 1 nitrogen and oxygen atoms in total. The minimum Gasteiger partial charge on any atom is -0.312 e. The third kappa shape index (κ3) is 5.44. The summed E-state index contributed by atoms with van der Waals surface area (Å²) in [6, 6.07) is 14.8. The van der Waals surface area contributed by atoms with Crippen LogP contribution in [0, 0.1) is 5.92 Å². The van der Waals surface area contributed by atoms with Gasteiger partial charge in [0.2, 0.25) is 0 Å². The van der Waals surface area contributed by atoms with Crippen molar-refractivity contribution in [2.45, 2.75) is 30.2 Å². The number of benzene rings is 2. The van der Waals surface area contributed by atoms with Gasteiger partial charge in [-0.1, -0.05) is 53.7 Å². The van der Waals surface area contributed by atoms with Crippen LogP contribution < -0.4 is 5.32 Å². The number of nitrogens with one attached hydrogen (secondary N) is 1. The second-order valence-electron chi connectivity index (χ2n) is 5.31. The summed E-state index contributed by atoms with van der Waals surface area (Å²) < 4.78 is 2.26. The molecule has 2 rings (SSSR count). The topological polar surface area (TPSA) is 12.0 Å². The summed E-state index contributed by atoms with van der Waals surface area (Å²) in [6.45, 7) is 6.38. The molecular formula is C17H19Br2NS. The van der Waals surface area contributed by atoms with Crippen LogP contribution >= 0.6 is 43.6 Å². The zero-order valence-corrected chi connectivity index (χ0v) is 16.2. The van der Waals surface area contributed by atoms with Crippen molar-refractivity contribution < 1.29 is 0 Å². The molecule has 0 amide bonds. The number of hydrogen-bond donors (Lipinski definition) is 1. The Morgan fingerprint density at radius 2 is 1.81 bits per heavy atom. The van der Waals surface area contributed by atoms with Crippen molar-refractivity contribution in [1.82, 2.24) is 5.32 Å².